The minimum atomic E-state index is -0.878. The number of nitrogens with two attached hydrogens (primary N) is 1. The molecule has 4 unspecified atom stereocenters. The van der Waals surface area contributed by atoms with Gasteiger partial charge in [-0.25, -0.2) is 0 Å². The number of nitrogens with zero attached hydrogens (tertiary/aromatic N) is 1. The van der Waals surface area contributed by atoms with E-state index >= 15 is 0 Å². The Morgan fingerprint density at radius 1 is 1.63 bits per heavy atom. The highest BCUT2D eigenvalue weighted by Gasteiger charge is 2.71. The Bertz CT molecular complexity index is 415. The van der Waals surface area contributed by atoms with Crippen molar-refractivity contribution in [2.24, 2.45) is 17.1 Å². The number of fused-ring (bicyclic) bond motifs is 1. The van der Waals surface area contributed by atoms with Gasteiger partial charge in [-0.15, -0.1) is 0 Å². The summed E-state index contributed by atoms with van der Waals surface area (Å²) >= 11 is 0. The second-order valence-corrected chi connectivity index (χ2v) is 6.22. The van der Waals surface area contributed by atoms with Gasteiger partial charge in [-0.2, -0.15) is 5.26 Å². The number of hydrogen-bond acceptors (Lipinski definition) is 4. The van der Waals surface area contributed by atoms with Gasteiger partial charge in [0, 0.05) is 24.0 Å². The van der Waals surface area contributed by atoms with Crippen LogP contribution in [0.1, 0.15) is 40.0 Å². The first kappa shape index (κ1) is 14.3. The third kappa shape index (κ3) is 1.86. The highest BCUT2D eigenvalue weighted by molar-refractivity contribution is 5.89. The highest BCUT2D eigenvalue weighted by atomic mass is 16.5. The number of carbonyl (C=O) groups is 1. The SMILES string of the molecule is CCC(CC#N)NC(=O)C1(N)C2CCOC2C1(C)C. The summed E-state index contributed by atoms with van der Waals surface area (Å²) in [5.41, 5.74) is 5.20. The maximum Gasteiger partial charge on any atom is 0.241 e. The minimum absolute atomic E-state index is 0.0827. The number of rotatable bonds is 4. The molecule has 0 spiro atoms. The quantitative estimate of drug-likeness (QED) is 0.791. The van der Waals surface area contributed by atoms with Crippen LogP contribution in [0.3, 0.4) is 0 Å². The lowest BCUT2D eigenvalue weighted by atomic mass is 9.48. The van der Waals surface area contributed by atoms with Gasteiger partial charge in [0.25, 0.3) is 0 Å². The van der Waals surface area contributed by atoms with Gasteiger partial charge in [0.1, 0.15) is 5.54 Å². The summed E-state index contributed by atoms with van der Waals surface area (Å²) in [7, 11) is 0. The van der Waals surface area contributed by atoms with Crippen LogP contribution in [-0.2, 0) is 9.53 Å². The average Bonchev–Trinajstić information content (AvgIpc) is 2.84. The Morgan fingerprint density at radius 2 is 2.32 bits per heavy atom. The molecule has 1 amide bonds. The van der Waals surface area contributed by atoms with Crippen LogP contribution in [0.4, 0.5) is 0 Å². The van der Waals surface area contributed by atoms with Crippen molar-refractivity contribution in [2.75, 3.05) is 6.61 Å². The van der Waals surface area contributed by atoms with Crippen LogP contribution in [0.25, 0.3) is 0 Å². The third-order valence-electron chi connectivity index (χ3n) is 5.00. The molecule has 2 fully saturated rings. The van der Waals surface area contributed by atoms with Gasteiger partial charge >= 0.3 is 0 Å². The molecule has 0 radical (unpaired) electrons. The summed E-state index contributed by atoms with van der Waals surface area (Å²) in [6, 6.07) is 1.98. The molecule has 1 saturated carbocycles. The zero-order valence-electron chi connectivity index (χ0n) is 11.9. The molecule has 19 heavy (non-hydrogen) atoms. The first-order chi connectivity index (χ1) is 8.89. The van der Waals surface area contributed by atoms with Crippen molar-refractivity contribution in [3.05, 3.63) is 0 Å². The molecule has 106 valence electrons. The molecule has 1 aliphatic carbocycles. The van der Waals surface area contributed by atoms with Crippen LogP contribution in [0.5, 0.6) is 0 Å². The Labute approximate surface area is 114 Å². The predicted molar refractivity (Wildman–Crippen MR) is 71.0 cm³/mol. The highest BCUT2D eigenvalue weighted by Crippen LogP contribution is 2.58. The molecule has 0 aromatic carbocycles. The zero-order chi connectivity index (χ0) is 14.3. The fraction of sp³-hybridized carbons (Fsp3) is 0.857. The van der Waals surface area contributed by atoms with Crippen molar-refractivity contribution in [3.8, 4) is 6.07 Å². The Kier molecular flexibility index (Phi) is 3.59. The molecule has 3 N–H and O–H groups in total. The van der Waals surface area contributed by atoms with E-state index < -0.39 is 5.54 Å². The summed E-state index contributed by atoms with van der Waals surface area (Å²) in [6.07, 6.45) is 1.98. The zero-order valence-corrected chi connectivity index (χ0v) is 11.9. The van der Waals surface area contributed by atoms with E-state index in [1.165, 1.54) is 0 Å². The topological polar surface area (TPSA) is 88.1 Å². The number of nitrogens with one attached hydrogen (secondary N) is 1. The number of amides is 1. The molecule has 1 heterocycles. The van der Waals surface area contributed by atoms with Gasteiger partial charge < -0.3 is 15.8 Å². The van der Waals surface area contributed by atoms with Gasteiger partial charge in [0.05, 0.1) is 18.6 Å². The van der Waals surface area contributed by atoms with Gasteiger partial charge in [-0.05, 0) is 12.8 Å². The number of carbonyl (C=O) groups excluding carboxylic acids is 1. The molecular formula is C14H23N3O2. The fourth-order valence-corrected chi connectivity index (χ4v) is 3.56. The van der Waals surface area contributed by atoms with Gasteiger partial charge in [0.2, 0.25) is 5.91 Å². The molecule has 1 aliphatic heterocycles. The number of hydrogen-bond donors (Lipinski definition) is 2. The summed E-state index contributed by atoms with van der Waals surface area (Å²) in [5, 5.41) is 11.7. The lowest BCUT2D eigenvalue weighted by Gasteiger charge is -2.60. The maximum absolute atomic E-state index is 12.5. The fourth-order valence-electron chi connectivity index (χ4n) is 3.56. The van der Waals surface area contributed by atoms with Crippen molar-refractivity contribution < 1.29 is 9.53 Å². The van der Waals surface area contributed by atoms with Crippen LogP contribution in [0.15, 0.2) is 0 Å². The summed E-state index contributed by atoms with van der Waals surface area (Å²) in [6.45, 7) is 6.62. The van der Waals surface area contributed by atoms with Crippen LogP contribution < -0.4 is 11.1 Å². The van der Waals surface area contributed by atoms with Crippen molar-refractivity contribution in [1.29, 1.82) is 5.26 Å². The molecule has 4 atom stereocenters. The van der Waals surface area contributed by atoms with Crippen LogP contribution in [0, 0.1) is 22.7 Å². The Hall–Kier alpha value is -1.12. The van der Waals surface area contributed by atoms with Crippen LogP contribution >= 0.6 is 0 Å². The Morgan fingerprint density at radius 3 is 2.89 bits per heavy atom. The van der Waals surface area contributed by atoms with E-state index in [4.69, 9.17) is 15.7 Å². The molecule has 1 saturated heterocycles. The van der Waals surface area contributed by atoms with Crippen LogP contribution in [-0.4, -0.2) is 30.2 Å². The molecule has 2 rings (SSSR count). The van der Waals surface area contributed by atoms with E-state index in [0.29, 0.717) is 13.0 Å². The standard InChI is InChI=1S/C14H23N3O2/c1-4-9(5-7-15)17-12(18)14(16)10-6-8-19-11(10)13(14,2)3/h9-11H,4-6,8,16H2,1-3H3,(H,17,18). The van der Waals surface area contributed by atoms with Crippen LogP contribution in [0.2, 0.25) is 0 Å². The van der Waals surface area contributed by atoms with Crippen molar-refractivity contribution in [3.63, 3.8) is 0 Å². The minimum Gasteiger partial charge on any atom is -0.377 e. The first-order valence-electron chi connectivity index (χ1n) is 6.98. The maximum atomic E-state index is 12.5. The lowest BCUT2D eigenvalue weighted by molar-refractivity contribution is -0.176. The molecule has 2 aliphatic rings. The predicted octanol–water partition coefficient (Wildman–Crippen LogP) is 0.937. The lowest BCUT2D eigenvalue weighted by Crippen LogP contribution is -2.80. The third-order valence-corrected chi connectivity index (χ3v) is 5.00. The normalized spacial score (nSPS) is 36.8. The molecule has 5 nitrogen and oxygen atoms in total. The second kappa shape index (κ2) is 4.77. The second-order valence-electron chi connectivity index (χ2n) is 6.22. The number of nitriles is 1. The summed E-state index contributed by atoms with van der Waals surface area (Å²) in [4.78, 5) is 12.5. The van der Waals surface area contributed by atoms with E-state index in [1.54, 1.807) is 0 Å². The summed E-state index contributed by atoms with van der Waals surface area (Å²) < 4.78 is 5.68. The Balaban J connectivity index is 2.12. The van der Waals surface area contributed by atoms with Gasteiger partial charge in [-0.3, -0.25) is 4.79 Å². The van der Waals surface area contributed by atoms with E-state index in [1.807, 2.05) is 20.8 Å². The van der Waals surface area contributed by atoms with Crippen molar-refractivity contribution >= 4 is 5.91 Å². The van der Waals surface area contributed by atoms with Crippen molar-refractivity contribution in [1.82, 2.24) is 5.32 Å². The molecular weight excluding hydrogens is 242 g/mol. The van der Waals surface area contributed by atoms with Crippen molar-refractivity contribution in [2.45, 2.75) is 57.7 Å². The monoisotopic (exact) mass is 265 g/mol. The van der Waals surface area contributed by atoms with Gasteiger partial charge in [-0.1, -0.05) is 20.8 Å². The first-order valence-corrected chi connectivity index (χ1v) is 6.98. The molecule has 0 aromatic rings. The average molecular weight is 265 g/mol. The number of ether oxygens (including phenoxy) is 1. The van der Waals surface area contributed by atoms with E-state index in [-0.39, 0.29) is 29.4 Å². The van der Waals surface area contributed by atoms with Gasteiger partial charge in [0.15, 0.2) is 0 Å². The molecule has 0 aromatic heterocycles. The summed E-state index contributed by atoms with van der Waals surface area (Å²) in [5.74, 6) is -0.0339. The largest absolute Gasteiger partial charge is 0.377 e. The van der Waals surface area contributed by atoms with E-state index in [0.717, 1.165) is 12.8 Å². The van der Waals surface area contributed by atoms with E-state index in [9.17, 15) is 4.79 Å². The smallest absolute Gasteiger partial charge is 0.241 e. The van der Waals surface area contributed by atoms with E-state index in [2.05, 4.69) is 11.4 Å². The molecule has 5 heteroatoms. The molecule has 0 bridgehead atoms.